The fraction of sp³-hybridized carbons (Fsp3) is 0.529. The zero-order valence-electron chi connectivity index (χ0n) is 14.8. The maximum atomic E-state index is 12.0. The summed E-state index contributed by atoms with van der Waals surface area (Å²) in [5.74, 6) is -3.68. The van der Waals surface area contributed by atoms with Gasteiger partial charge in [-0.25, -0.2) is 9.59 Å². The van der Waals surface area contributed by atoms with Gasteiger partial charge in [0.1, 0.15) is 12.4 Å². The Bertz CT molecular complexity index is 594. The Morgan fingerprint density at radius 3 is 2.24 bits per heavy atom. The van der Waals surface area contributed by atoms with Crippen LogP contribution in [0.5, 0.6) is 5.75 Å². The van der Waals surface area contributed by atoms with Crippen molar-refractivity contribution in [3.05, 3.63) is 28.3 Å². The summed E-state index contributed by atoms with van der Waals surface area (Å²) >= 11 is 6.06. The van der Waals surface area contributed by atoms with Crippen LogP contribution in [0, 0.1) is 13.8 Å². The second-order valence-electron chi connectivity index (χ2n) is 5.39. The number of carbonyl (C=O) groups is 2. The molecule has 0 aliphatic carbocycles. The molecule has 0 aliphatic heterocycles. The fourth-order valence-electron chi connectivity index (χ4n) is 2.11. The highest BCUT2D eigenvalue weighted by Gasteiger charge is 2.40. The minimum atomic E-state index is -1.93. The van der Waals surface area contributed by atoms with Crippen molar-refractivity contribution in [2.24, 2.45) is 0 Å². The first-order chi connectivity index (χ1) is 11.8. The molecule has 1 atom stereocenters. The lowest BCUT2D eigenvalue weighted by Crippen LogP contribution is -2.46. The Balaban J connectivity index is 2.72. The van der Waals surface area contributed by atoms with Crippen LogP contribution < -0.4 is 4.74 Å². The minimum Gasteiger partial charge on any atom is -0.477 e. The minimum absolute atomic E-state index is 0.0124. The molecule has 1 aromatic carbocycles. The van der Waals surface area contributed by atoms with Crippen LogP contribution in [0.1, 0.15) is 24.5 Å². The first-order valence-corrected chi connectivity index (χ1v) is 8.11. The average Bonchev–Trinajstić information content (AvgIpc) is 2.55. The molecule has 140 valence electrons. The van der Waals surface area contributed by atoms with E-state index in [9.17, 15) is 14.7 Å². The van der Waals surface area contributed by atoms with Gasteiger partial charge in [-0.15, -0.1) is 0 Å². The largest absolute Gasteiger partial charge is 0.477 e. The lowest BCUT2D eigenvalue weighted by atomic mass is 10.1. The summed E-state index contributed by atoms with van der Waals surface area (Å²) < 4.78 is 20.5. The van der Waals surface area contributed by atoms with Gasteiger partial charge in [0.05, 0.1) is 13.2 Å². The van der Waals surface area contributed by atoms with E-state index in [1.54, 1.807) is 32.9 Å². The fourth-order valence-corrected chi connectivity index (χ4v) is 2.22. The third-order valence-corrected chi connectivity index (χ3v) is 4.07. The molecule has 1 rings (SSSR count). The van der Waals surface area contributed by atoms with Gasteiger partial charge in [-0.2, -0.15) is 0 Å². The van der Waals surface area contributed by atoms with Crippen molar-refractivity contribution in [1.82, 2.24) is 0 Å². The molecule has 0 saturated heterocycles. The van der Waals surface area contributed by atoms with Crippen LogP contribution in [-0.2, 0) is 23.8 Å². The monoisotopic (exact) mass is 374 g/mol. The SMILES string of the molecule is CC[C@@](OCCOC)(OCC(=O)Oc1cc(C)c(Cl)c(C)c1)C(=O)O. The van der Waals surface area contributed by atoms with Crippen molar-refractivity contribution in [2.45, 2.75) is 33.0 Å². The molecule has 25 heavy (non-hydrogen) atoms. The van der Waals surface area contributed by atoms with E-state index in [0.717, 1.165) is 11.1 Å². The van der Waals surface area contributed by atoms with Crippen LogP contribution in [0.2, 0.25) is 5.02 Å². The van der Waals surface area contributed by atoms with Crippen LogP contribution in [0.25, 0.3) is 0 Å². The second-order valence-corrected chi connectivity index (χ2v) is 5.76. The van der Waals surface area contributed by atoms with Gasteiger partial charge in [0, 0.05) is 18.6 Å². The molecular weight excluding hydrogens is 352 g/mol. The van der Waals surface area contributed by atoms with Gasteiger partial charge in [0.2, 0.25) is 0 Å². The van der Waals surface area contributed by atoms with Crippen molar-refractivity contribution < 1.29 is 33.6 Å². The van der Waals surface area contributed by atoms with Gasteiger partial charge < -0.3 is 24.1 Å². The van der Waals surface area contributed by atoms with Crippen molar-refractivity contribution in [1.29, 1.82) is 0 Å². The van der Waals surface area contributed by atoms with Crippen LogP contribution in [0.15, 0.2) is 12.1 Å². The molecule has 8 heteroatoms. The molecule has 0 saturated carbocycles. The number of carbonyl (C=O) groups excluding carboxylic acids is 1. The van der Waals surface area contributed by atoms with Gasteiger partial charge in [-0.05, 0) is 37.1 Å². The maximum absolute atomic E-state index is 12.0. The summed E-state index contributed by atoms with van der Waals surface area (Å²) in [7, 11) is 1.46. The number of methoxy groups -OCH3 is 1. The van der Waals surface area contributed by atoms with E-state index in [2.05, 4.69) is 0 Å². The Hall–Kier alpha value is -1.67. The van der Waals surface area contributed by atoms with E-state index in [-0.39, 0.29) is 19.6 Å². The number of carboxylic acids is 1. The number of esters is 1. The van der Waals surface area contributed by atoms with Gasteiger partial charge in [-0.3, -0.25) is 0 Å². The summed E-state index contributed by atoms with van der Waals surface area (Å²) in [6.45, 7) is 4.80. The summed E-state index contributed by atoms with van der Waals surface area (Å²) in [5.41, 5.74) is 1.53. The van der Waals surface area contributed by atoms with Gasteiger partial charge in [0.15, 0.2) is 0 Å². The highest BCUT2D eigenvalue weighted by atomic mass is 35.5. The topological polar surface area (TPSA) is 91.3 Å². The Kier molecular flexibility index (Phi) is 8.31. The molecular formula is C17H23ClO7. The smallest absolute Gasteiger partial charge is 0.364 e. The number of benzene rings is 1. The number of aliphatic carboxylic acids is 1. The third-order valence-electron chi connectivity index (χ3n) is 3.48. The number of hydrogen-bond donors (Lipinski definition) is 1. The Morgan fingerprint density at radius 2 is 1.76 bits per heavy atom. The molecule has 0 radical (unpaired) electrons. The molecule has 0 amide bonds. The summed E-state index contributed by atoms with van der Waals surface area (Å²) in [6.07, 6.45) is 0.0124. The van der Waals surface area contributed by atoms with E-state index in [4.69, 9.17) is 30.5 Å². The molecule has 1 aromatic rings. The Labute approximate surface area is 151 Å². The molecule has 0 heterocycles. The standard InChI is InChI=1S/C17H23ClO7/c1-5-17(16(20)21,23-7-6-22-4)24-10-14(19)25-13-8-11(2)15(18)12(3)9-13/h8-9H,5-7,10H2,1-4H3,(H,20,21)/t17-/m1/s1. The first kappa shape index (κ1) is 21.4. The van der Waals surface area contributed by atoms with Crippen molar-refractivity contribution >= 4 is 23.5 Å². The zero-order valence-corrected chi connectivity index (χ0v) is 15.5. The van der Waals surface area contributed by atoms with Gasteiger partial charge >= 0.3 is 11.9 Å². The van der Waals surface area contributed by atoms with Gasteiger partial charge in [0.25, 0.3) is 5.79 Å². The summed E-state index contributed by atoms with van der Waals surface area (Å²) in [4.78, 5) is 23.5. The predicted molar refractivity (Wildman–Crippen MR) is 91.0 cm³/mol. The molecule has 7 nitrogen and oxygen atoms in total. The third kappa shape index (κ3) is 5.97. The molecule has 0 unspecified atom stereocenters. The number of halogens is 1. The van der Waals surface area contributed by atoms with E-state index >= 15 is 0 Å². The molecule has 0 aliphatic rings. The highest BCUT2D eigenvalue weighted by molar-refractivity contribution is 6.32. The number of hydrogen-bond acceptors (Lipinski definition) is 6. The highest BCUT2D eigenvalue weighted by Crippen LogP contribution is 2.26. The van der Waals surface area contributed by atoms with E-state index in [0.29, 0.717) is 10.8 Å². The quantitative estimate of drug-likeness (QED) is 0.291. The zero-order chi connectivity index (χ0) is 19.0. The van der Waals surface area contributed by atoms with E-state index in [1.165, 1.54) is 7.11 Å². The molecule has 0 aromatic heterocycles. The molecule has 0 bridgehead atoms. The van der Waals surface area contributed by atoms with E-state index in [1.807, 2.05) is 0 Å². The lowest BCUT2D eigenvalue weighted by Gasteiger charge is -2.27. The van der Waals surface area contributed by atoms with Gasteiger partial charge in [-0.1, -0.05) is 18.5 Å². The maximum Gasteiger partial charge on any atom is 0.364 e. The second kappa shape index (κ2) is 9.72. The van der Waals surface area contributed by atoms with Crippen molar-refractivity contribution in [3.8, 4) is 5.75 Å². The first-order valence-electron chi connectivity index (χ1n) is 7.73. The number of carboxylic acid groups (broad SMARTS) is 1. The van der Waals surface area contributed by atoms with Crippen LogP contribution in [0.4, 0.5) is 0 Å². The summed E-state index contributed by atoms with van der Waals surface area (Å²) in [5, 5.41) is 9.97. The normalized spacial score (nSPS) is 13.3. The Morgan fingerprint density at radius 1 is 1.16 bits per heavy atom. The average molecular weight is 375 g/mol. The number of aryl methyl sites for hydroxylation is 2. The van der Waals surface area contributed by atoms with Crippen LogP contribution in [0.3, 0.4) is 0 Å². The lowest BCUT2D eigenvalue weighted by molar-refractivity contribution is -0.248. The molecule has 0 fully saturated rings. The molecule has 1 N–H and O–H groups in total. The van der Waals surface area contributed by atoms with Crippen molar-refractivity contribution in [2.75, 3.05) is 26.9 Å². The number of ether oxygens (including phenoxy) is 4. The van der Waals surface area contributed by atoms with E-state index < -0.39 is 24.3 Å². The van der Waals surface area contributed by atoms with Crippen LogP contribution >= 0.6 is 11.6 Å². The summed E-state index contributed by atoms with van der Waals surface area (Å²) in [6, 6.07) is 3.24. The predicted octanol–water partition coefficient (Wildman–Crippen LogP) is 2.73. The van der Waals surface area contributed by atoms with Crippen LogP contribution in [-0.4, -0.2) is 49.8 Å². The number of rotatable bonds is 10. The van der Waals surface area contributed by atoms with Crippen molar-refractivity contribution in [3.63, 3.8) is 0 Å². The molecule has 0 spiro atoms.